The lowest BCUT2D eigenvalue weighted by Crippen LogP contribution is -2.08. The van der Waals surface area contributed by atoms with Crippen LogP contribution in [0.3, 0.4) is 0 Å². The number of hydrogen-bond donors (Lipinski definition) is 0. The molecule has 0 fully saturated rings. The van der Waals surface area contributed by atoms with Crippen LogP contribution in [0.1, 0.15) is 52.9 Å². The minimum absolute atomic E-state index is 0.840. The zero-order chi connectivity index (χ0) is 8.97. The molecule has 0 saturated heterocycles. The average Bonchev–Trinajstić information content (AvgIpc) is 2.20. The third-order valence-electron chi connectivity index (χ3n) is 3.25. The van der Waals surface area contributed by atoms with E-state index < -0.39 is 0 Å². The van der Waals surface area contributed by atoms with Gasteiger partial charge in [-0.25, -0.2) is 0 Å². The van der Waals surface area contributed by atoms with Crippen molar-refractivity contribution >= 4 is 0 Å². The van der Waals surface area contributed by atoms with Gasteiger partial charge in [-0.3, -0.25) is 0 Å². The molecule has 0 aromatic rings. The van der Waals surface area contributed by atoms with E-state index in [2.05, 4.69) is 26.8 Å². The Bertz CT molecular complexity index is 155. The van der Waals surface area contributed by atoms with Crippen LogP contribution < -0.4 is 0 Å². The fraction of sp³-hybridized carbons (Fsp3) is 0.833. The fourth-order valence-corrected chi connectivity index (χ4v) is 2.15. The Morgan fingerprint density at radius 3 is 2.83 bits per heavy atom. The molecule has 2 unspecified atom stereocenters. The van der Waals surface area contributed by atoms with Gasteiger partial charge in [0.25, 0.3) is 0 Å². The van der Waals surface area contributed by atoms with E-state index in [4.69, 9.17) is 0 Å². The van der Waals surface area contributed by atoms with Crippen LogP contribution in [0.4, 0.5) is 0 Å². The van der Waals surface area contributed by atoms with Crippen molar-refractivity contribution < 1.29 is 0 Å². The maximum Gasteiger partial charge on any atom is -0.0206 e. The lowest BCUT2D eigenvalue weighted by Gasteiger charge is -2.20. The Labute approximate surface area is 77.1 Å². The highest BCUT2D eigenvalue weighted by Crippen LogP contribution is 2.31. The zero-order valence-corrected chi connectivity index (χ0v) is 8.77. The van der Waals surface area contributed by atoms with Crippen LogP contribution in [0.5, 0.6) is 0 Å². The van der Waals surface area contributed by atoms with E-state index >= 15 is 0 Å². The Balaban J connectivity index is 2.59. The van der Waals surface area contributed by atoms with E-state index in [0.717, 1.165) is 11.8 Å². The zero-order valence-electron chi connectivity index (χ0n) is 8.77. The maximum absolute atomic E-state index is 2.50. The maximum atomic E-state index is 2.50. The lowest BCUT2D eigenvalue weighted by molar-refractivity contribution is 0.405. The lowest BCUT2D eigenvalue weighted by atomic mass is 9.86. The summed E-state index contributed by atoms with van der Waals surface area (Å²) in [7, 11) is 0. The average molecular weight is 166 g/mol. The first kappa shape index (κ1) is 9.83. The molecule has 0 radical (unpaired) electrons. The molecular weight excluding hydrogens is 144 g/mol. The van der Waals surface area contributed by atoms with Gasteiger partial charge >= 0.3 is 0 Å². The molecule has 70 valence electrons. The normalized spacial score (nSPS) is 31.1. The van der Waals surface area contributed by atoms with Crippen molar-refractivity contribution in [1.82, 2.24) is 0 Å². The molecule has 0 aromatic heterocycles. The highest BCUT2D eigenvalue weighted by atomic mass is 14.2. The van der Waals surface area contributed by atoms with Crippen molar-refractivity contribution in [3.63, 3.8) is 0 Å². The van der Waals surface area contributed by atoms with Crippen LogP contribution in [0.2, 0.25) is 0 Å². The predicted octanol–water partition coefficient (Wildman–Crippen LogP) is 4.17. The number of allylic oxidation sites excluding steroid dienone is 2. The quantitative estimate of drug-likeness (QED) is 0.540. The summed E-state index contributed by atoms with van der Waals surface area (Å²) in [5.41, 5.74) is 1.72. The SMILES string of the molecule is CCCC1=CCCCC(C)C1C. The molecule has 0 saturated carbocycles. The van der Waals surface area contributed by atoms with Crippen molar-refractivity contribution in [3.05, 3.63) is 11.6 Å². The summed E-state index contributed by atoms with van der Waals surface area (Å²) in [6.07, 6.45) is 9.28. The van der Waals surface area contributed by atoms with Crippen LogP contribution in [-0.4, -0.2) is 0 Å². The van der Waals surface area contributed by atoms with Crippen molar-refractivity contribution in [2.75, 3.05) is 0 Å². The number of hydrogen-bond acceptors (Lipinski definition) is 0. The highest BCUT2D eigenvalue weighted by Gasteiger charge is 2.17. The Morgan fingerprint density at radius 2 is 2.17 bits per heavy atom. The topological polar surface area (TPSA) is 0 Å². The fourth-order valence-electron chi connectivity index (χ4n) is 2.15. The standard InChI is InChI=1S/C12H22/c1-4-7-12-9-6-5-8-10(2)11(12)3/h9-11H,4-8H2,1-3H3. The van der Waals surface area contributed by atoms with E-state index in [1.165, 1.54) is 32.1 Å². The monoisotopic (exact) mass is 166 g/mol. The summed E-state index contributed by atoms with van der Waals surface area (Å²) in [5.74, 6) is 1.75. The summed E-state index contributed by atoms with van der Waals surface area (Å²) >= 11 is 0. The van der Waals surface area contributed by atoms with E-state index in [1.807, 2.05) is 0 Å². The highest BCUT2D eigenvalue weighted by molar-refractivity contribution is 5.08. The predicted molar refractivity (Wildman–Crippen MR) is 55.2 cm³/mol. The van der Waals surface area contributed by atoms with Gasteiger partial charge in [-0.2, -0.15) is 0 Å². The smallest absolute Gasteiger partial charge is 0.0206 e. The minimum Gasteiger partial charge on any atom is -0.0851 e. The van der Waals surface area contributed by atoms with Gasteiger partial charge < -0.3 is 0 Å². The van der Waals surface area contributed by atoms with Crippen LogP contribution in [0.25, 0.3) is 0 Å². The van der Waals surface area contributed by atoms with Gasteiger partial charge in [-0.05, 0) is 37.5 Å². The second-order valence-electron chi connectivity index (χ2n) is 4.23. The summed E-state index contributed by atoms with van der Waals surface area (Å²) < 4.78 is 0. The molecule has 1 rings (SSSR count). The molecule has 0 heterocycles. The van der Waals surface area contributed by atoms with Crippen LogP contribution in [-0.2, 0) is 0 Å². The molecular formula is C12H22. The van der Waals surface area contributed by atoms with E-state index in [1.54, 1.807) is 5.57 Å². The van der Waals surface area contributed by atoms with Gasteiger partial charge in [0.05, 0.1) is 0 Å². The van der Waals surface area contributed by atoms with Crippen molar-refractivity contribution in [2.24, 2.45) is 11.8 Å². The first-order valence-electron chi connectivity index (χ1n) is 5.44. The molecule has 1 aliphatic rings. The summed E-state index contributed by atoms with van der Waals surface area (Å²) in [4.78, 5) is 0. The van der Waals surface area contributed by atoms with Gasteiger partial charge in [0.2, 0.25) is 0 Å². The molecule has 2 atom stereocenters. The molecule has 0 N–H and O–H groups in total. The van der Waals surface area contributed by atoms with Crippen molar-refractivity contribution in [2.45, 2.75) is 52.9 Å². The summed E-state index contributed by atoms with van der Waals surface area (Å²) in [5, 5.41) is 0. The van der Waals surface area contributed by atoms with Gasteiger partial charge in [0.15, 0.2) is 0 Å². The molecule has 1 aliphatic carbocycles. The molecule has 0 spiro atoms. The molecule has 0 aliphatic heterocycles. The molecule has 0 aromatic carbocycles. The minimum atomic E-state index is 0.840. The third kappa shape index (κ3) is 2.36. The largest absolute Gasteiger partial charge is 0.0851 e. The summed E-state index contributed by atoms with van der Waals surface area (Å²) in [6, 6.07) is 0. The van der Waals surface area contributed by atoms with E-state index in [0.29, 0.717) is 0 Å². The van der Waals surface area contributed by atoms with Crippen molar-refractivity contribution in [1.29, 1.82) is 0 Å². The van der Waals surface area contributed by atoms with E-state index in [9.17, 15) is 0 Å². The summed E-state index contributed by atoms with van der Waals surface area (Å²) in [6.45, 7) is 7.08. The second-order valence-corrected chi connectivity index (χ2v) is 4.23. The third-order valence-corrected chi connectivity index (χ3v) is 3.25. The second kappa shape index (κ2) is 4.69. The molecule has 12 heavy (non-hydrogen) atoms. The Morgan fingerprint density at radius 1 is 1.42 bits per heavy atom. The van der Waals surface area contributed by atoms with Gasteiger partial charge in [-0.1, -0.05) is 38.8 Å². The first-order valence-corrected chi connectivity index (χ1v) is 5.44. The first-order chi connectivity index (χ1) is 5.75. The van der Waals surface area contributed by atoms with Crippen LogP contribution >= 0.6 is 0 Å². The van der Waals surface area contributed by atoms with Gasteiger partial charge in [0, 0.05) is 0 Å². The van der Waals surface area contributed by atoms with Gasteiger partial charge in [-0.15, -0.1) is 0 Å². The number of rotatable bonds is 2. The molecule has 0 bridgehead atoms. The van der Waals surface area contributed by atoms with Gasteiger partial charge in [0.1, 0.15) is 0 Å². The van der Waals surface area contributed by atoms with Crippen molar-refractivity contribution in [3.8, 4) is 0 Å². The molecule has 0 amide bonds. The molecule has 0 heteroatoms. The molecule has 0 nitrogen and oxygen atoms in total. The Kier molecular flexibility index (Phi) is 3.84. The Hall–Kier alpha value is -0.260. The van der Waals surface area contributed by atoms with Crippen LogP contribution in [0.15, 0.2) is 11.6 Å². The van der Waals surface area contributed by atoms with E-state index in [-0.39, 0.29) is 0 Å². The van der Waals surface area contributed by atoms with Crippen LogP contribution in [0, 0.1) is 11.8 Å².